The van der Waals surface area contributed by atoms with Crippen molar-refractivity contribution in [3.63, 3.8) is 0 Å². The van der Waals surface area contributed by atoms with E-state index >= 15 is 0 Å². The SMILES string of the molecule is CCCN1CCc2nc3ccccc3c(C(=O)OCC(=O)Nc3ccccn3)c2C1. The van der Waals surface area contributed by atoms with E-state index in [-0.39, 0.29) is 6.61 Å². The van der Waals surface area contributed by atoms with Crippen LogP contribution < -0.4 is 5.32 Å². The molecule has 7 nitrogen and oxygen atoms in total. The Hall–Kier alpha value is -3.32. The Morgan fingerprint density at radius 3 is 2.80 bits per heavy atom. The molecule has 0 radical (unpaired) electrons. The molecule has 1 aromatic carbocycles. The predicted molar refractivity (Wildman–Crippen MR) is 114 cm³/mol. The van der Waals surface area contributed by atoms with E-state index in [4.69, 9.17) is 9.72 Å². The fourth-order valence-corrected chi connectivity index (χ4v) is 3.81. The fraction of sp³-hybridized carbons (Fsp3) is 0.304. The molecule has 0 aliphatic carbocycles. The molecular formula is C23H24N4O3. The predicted octanol–water partition coefficient (Wildman–Crippen LogP) is 3.19. The van der Waals surface area contributed by atoms with E-state index in [1.807, 2.05) is 24.3 Å². The Balaban J connectivity index is 1.58. The number of benzene rings is 1. The molecule has 0 bridgehead atoms. The van der Waals surface area contributed by atoms with Gasteiger partial charge in [-0.25, -0.2) is 9.78 Å². The Morgan fingerprint density at radius 1 is 1.17 bits per heavy atom. The average molecular weight is 404 g/mol. The van der Waals surface area contributed by atoms with Crippen LogP contribution in [-0.4, -0.2) is 46.4 Å². The third kappa shape index (κ3) is 4.31. The van der Waals surface area contributed by atoms with E-state index in [0.717, 1.165) is 48.1 Å². The van der Waals surface area contributed by atoms with Gasteiger partial charge in [0.1, 0.15) is 5.82 Å². The van der Waals surface area contributed by atoms with E-state index in [2.05, 4.69) is 22.1 Å². The van der Waals surface area contributed by atoms with Crippen LogP contribution in [0, 0.1) is 0 Å². The van der Waals surface area contributed by atoms with Gasteiger partial charge in [0.25, 0.3) is 5.91 Å². The number of pyridine rings is 2. The van der Waals surface area contributed by atoms with Gasteiger partial charge in [0.05, 0.1) is 11.1 Å². The van der Waals surface area contributed by atoms with Gasteiger partial charge in [-0.1, -0.05) is 31.2 Å². The van der Waals surface area contributed by atoms with Gasteiger partial charge in [-0.3, -0.25) is 14.7 Å². The van der Waals surface area contributed by atoms with Crippen LogP contribution in [0.15, 0.2) is 48.7 Å². The minimum Gasteiger partial charge on any atom is -0.452 e. The molecule has 7 heteroatoms. The number of nitrogens with one attached hydrogen (secondary N) is 1. The molecule has 1 amide bonds. The van der Waals surface area contributed by atoms with Crippen molar-refractivity contribution in [2.45, 2.75) is 26.3 Å². The van der Waals surface area contributed by atoms with Crippen LogP contribution in [0.25, 0.3) is 10.9 Å². The number of hydrogen-bond acceptors (Lipinski definition) is 6. The molecule has 0 saturated heterocycles. The molecule has 2 aromatic heterocycles. The standard InChI is InChI=1S/C23H24N4O3/c1-2-12-27-13-10-19-17(14-27)22(16-7-3-4-8-18(16)25-19)23(29)30-15-21(28)26-20-9-5-6-11-24-20/h3-9,11H,2,10,12-15H2,1H3,(H,24,26,28). The molecule has 1 aliphatic rings. The van der Waals surface area contributed by atoms with Gasteiger partial charge in [0.2, 0.25) is 0 Å². The Kier molecular flexibility index (Phi) is 5.99. The van der Waals surface area contributed by atoms with Crippen molar-refractivity contribution >= 4 is 28.6 Å². The molecule has 4 rings (SSSR count). The van der Waals surface area contributed by atoms with Crippen molar-refractivity contribution in [3.8, 4) is 0 Å². The summed E-state index contributed by atoms with van der Waals surface area (Å²) in [6.07, 6.45) is 3.42. The quantitative estimate of drug-likeness (QED) is 0.635. The molecule has 0 fully saturated rings. The summed E-state index contributed by atoms with van der Waals surface area (Å²) in [5.41, 5.74) is 3.13. The smallest absolute Gasteiger partial charge is 0.339 e. The molecule has 1 N–H and O–H groups in total. The lowest BCUT2D eigenvalue weighted by molar-refractivity contribution is -0.119. The largest absolute Gasteiger partial charge is 0.452 e. The number of hydrogen-bond donors (Lipinski definition) is 1. The van der Waals surface area contributed by atoms with Crippen LogP contribution >= 0.6 is 0 Å². The normalized spacial score (nSPS) is 13.6. The lowest BCUT2D eigenvalue weighted by atomic mass is 9.95. The van der Waals surface area contributed by atoms with Gasteiger partial charge in [-0.2, -0.15) is 0 Å². The highest BCUT2D eigenvalue weighted by Crippen LogP contribution is 2.28. The Bertz CT molecular complexity index is 1070. The van der Waals surface area contributed by atoms with Crippen molar-refractivity contribution in [2.24, 2.45) is 0 Å². The lowest BCUT2D eigenvalue weighted by Gasteiger charge is -2.29. The summed E-state index contributed by atoms with van der Waals surface area (Å²) in [5, 5.41) is 3.38. The molecule has 0 saturated carbocycles. The summed E-state index contributed by atoms with van der Waals surface area (Å²) in [5.74, 6) is -0.512. The van der Waals surface area contributed by atoms with Gasteiger partial charge in [0.15, 0.2) is 6.61 Å². The first kappa shape index (κ1) is 20.0. The zero-order valence-corrected chi connectivity index (χ0v) is 16.9. The second-order valence-electron chi connectivity index (χ2n) is 7.29. The minimum atomic E-state index is -0.501. The number of aromatic nitrogens is 2. The van der Waals surface area contributed by atoms with Crippen LogP contribution in [0.5, 0.6) is 0 Å². The first-order chi connectivity index (χ1) is 14.7. The highest BCUT2D eigenvalue weighted by Gasteiger charge is 2.26. The lowest BCUT2D eigenvalue weighted by Crippen LogP contribution is -2.33. The van der Waals surface area contributed by atoms with Gasteiger partial charge in [-0.05, 0) is 31.2 Å². The number of esters is 1. The van der Waals surface area contributed by atoms with Crippen LogP contribution in [0.3, 0.4) is 0 Å². The van der Waals surface area contributed by atoms with Crippen LogP contribution in [0.1, 0.15) is 35.0 Å². The van der Waals surface area contributed by atoms with E-state index in [1.165, 1.54) is 0 Å². The van der Waals surface area contributed by atoms with Crippen molar-refractivity contribution in [1.29, 1.82) is 0 Å². The Labute approximate surface area is 175 Å². The van der Waals surface area contributed by atoms with Crippen LogP contribution in [0.4, 0.5) is 5.82 Å². The highest BCUT2D eigenvalue weighted by atomic mass is 16.5. The third-order valence-corrected chi connectivity index (χ3v) is 5.14. The summed E-state index contributed by atoms with van der Waals surface area (Å²) in [7, 11) is 0. The minimum absolute atomic E-state index is 0.375. The number of para-hydroxylation sites is 1. The number of rotatable bonds is 6. The molecule has 154 valence electrons. The average Bonchev–Trinajstić information content (AvgIpc) is 2.77. The van der Waals surface area contributed by atoms with Gasteiger partial charge < -0.3 is 10.1 Å². The van der Waals surface area contributed by atoms with E-state index < -0.39 is 11.9 Å². The van der Waals surface area contributed by atoms with Crippen molar-refractivity contribution in [3.05, 3.63) is 65.5 Å². The van der Waals surface area contributed by atoms with Crippen LogP contribution in [-0.2, 0) is 22.5 Å². The second kappa shape index (κ2) is 9.00. The molecule has 0 atom stereocenters. The summed E-state index contributed by atoms with van der Waals surface area (Å²) < 4.78 is 5.41. The third-order valence-electron chi connectivity index (χ3n) is 5.14. The van der Waals surface area contributed by atoms with Crippen molar-refractivity contribution in [1.82, 2.24) is 14.9 Å². The highest BCUT2D eigenvalue weighted by molar-refractivity contribution is 6.06. The zero-order chi connectivity index (χ0) is 20.9. The first-order valence-electron chi connectivity index (χ1n) is 10.2. The molecular weight excluding hydrogens is 380 g/mol. The first-order valence-corrected chi connectivity index (χ1v) is 10.2. The maximum atomic E-state index is 13.1. The van der Waals surface area contributed by atoms with Gasteiger partial charge in [-0.15, -0.1) is 0 Å². The summed E-state index contributed by atoms with van der Waals surface area (Å²) >= 11 is 0. The zero-order valence-electron chi connectivity index (χ0n) is 16.9. The molecule has 3 aromatic rings. The molecule has 1 aliphatic heterocycles. The van der Waals surface area contributed by atoms with Crippen LogP contribution in [0.2, 0.25) is 0 Å². The number of fused-ring (bicyclic) bond motifs is 2. The monoisotopic (exact) mass is 404 g/mol. The second-order valence-corrected chi connectivity index (χ2v) is 7.29. The number of carbonyl (C=O) groups is 2. The number of anilines is 1. The number of nitrogens with zero attached hydrogens (tertiary/aromatic N) is 3. The summed E-state index contributed by atoms with van der Waals surface area (Å²) in [6.45, 7) is 4.31. The summed E-state index contributed by atoms with van der Waals surface area (Å²) in [6, 6.07) is 12.8. The molecule has 0 unspecified atom stereocenters. The van der Waals surface area contributed by atoms with Crippen molar-refractivity contribution < 1.29 is 14.3 Å². The maximum Gasteiger partial charge on any atom is 0.339 e. The summed E-state index contributed by atoms with van der Waals surface area (Å²) in [4.78, 5) is 36.4. The maximum absolute atomic E-state index is 13.1. The molecule has 30 heavy (non-hydrogen) atoms. The number of ether oxygens (including phenoxy) is 1. The fourth-order valence-electron chi connectivity index (χ4n) is 3.81. The topological polar surface area (TPSA) is 84.4 Å². The van der Waals surface area contributed by atoms with Gasteiger partial charge in [0, 0.05) is 42.4 Å². The van der Waals surface area contributed by atoms with E-state index in [1.54, 1.807) is 24.4 Å². The number of carbonyl (C=O) groups excluding carboxylic acids is 2. The van der Waals surface area contributed by atoms with E-state index in [0.29, 0.717) is 17.9 Å². The Morgan fingerprint density at radius 2 is 2.00 bits per heavy atom. The number of amides is 1. The van der Waals surface area contributed by atoms with Crippen molar-refractivity contribution in [2.75, 3.05) is 25.0 Å². The molecule has 3 heterocycles. The molecule has 0 spiro atoms. The van der Waals surface area contributed by atoms with Gasteiger partial charge >= 0.3 is 5.97 Å². The van der Waals surface area contributed by atoms with E-state index in [9.17, 15) is 9.59 Å².